The van der Waals surface area contributed by atoms with Crippen molar-refractivity contribution in [2.75, 3.05) is 13.1 Å². The number of nitrogens with two attached hydrogens (primary N) is 1. The summed E-state index contributed by atoms with van der Waals surface area (Å²) in [7, 11) is 0. The summed E-state index contributed by atoms with van der Waals surface area (Å²) in [6, 6.07) is 0. The van der Waals surface area contributed by atoms with Gasteiger partial charge in [0.2, 0.25) is 11.8 Å². The first-order valence-electron chi connectivity index (χ1n) is 7.02. The van der Waals surface area contributed by atoms with Crippen LogP contribution in [-0.4, -0.2) is 40.9 Å². The first-order chi connectivity index (χ1) is 9.22. The Morgan fingerprint density at radius 1 is 1.25 bits per heavy atom. The molecule has 0 aliphatic heterocycles. The van der Waals surface area contributed by atoms with E-state index >= 15 is 0 Å². The molecule has 3 unspecified atom stereocenters. The first kappa shape index (κ1) is 16.5. The minimum atomic E-state index is -0.934. The number of primary amides is 1. The molecule has 0 aromatic heterocycles. The summed E-state index contributed by atoms with van der Waals surface area (Å²) in [6.45, 7) is 6.10. The van der Waals surface area contributed by atoms with Crippen LogP contribution in [0.25, 0.3) is 0 Å². The van der Waals surface area contributed by atoms with Crippen molar-refractivity contribution in [2.45, 2.75) is 33.6 Å². The van der Waals surface area contributed by atoms with Gasteiger partial charge in [-0.1, -0.05) is 20.8 Å². The van der Waals surface area contributed by atoms with Crippen LogP contribution in [0.5, 0.6) is 0 Å². The first-order valence-corrected chi connectivity index (χ1v) is 7.02. The van der Waals surface area contributed by atoms with Crippen LogP contribution < -0.4 is 5.73 Å². The number of aliphatic carboxylic acids is 1. The lowest BCUT2D eigenvalue weighted by Crippen LogP contribution is -2.45. The highest BCUT2D eigenvalue weighted by Gasteiger charge is 2.43. The van der Waals surface area contributed by atoms with E-state index in [2.05, 4.69) is 0 Å². The van der Waals surface area contributed by atoms with Crippen molar-refractivity contribution < 1.29 is 19.5 Å². The van der Waals surface area contributed by atoms with Gasteiger partial charge >= 0.3 is 5.97 Å². The van der Waals surface area contributed by atoms with Crippen LogP contribution in [0.1, 0.15) is 33.6 Å². The van der Waals surface area contributed by atoms with E-state index in [9.17, 15) is 19.5 Å². The molecule has 6 heteroatoms. The maximum Gasteiger partial charge on any atom is 0.307 e. The van der Waals surface area contributed by atoms with Crippen molar-refractivity contribution in [1.29, 1.82) is 0 Å². The fourth-order valence-corrected chi connectivity index (χ4v) is 2.93. The third-order valence-electron chi connectivity index (χ3n) is 3.68. The van der Waals surface area contributed by atoms with Gasteiger partial charge in [0.1, 0.15) is 0 Å². The zero-order chi connectivity index (χ0) is 15.4. The second-order valence-corrected chi connectivity index (χ2v) is 6.21. The van der Waals surface area contributed by atoms with E-state index in [1.807, 2.05) is 20.8 Å². The highest BCUT2D eigenvalue weighted by atomic mass is 16.4. The number of rotatable bonds is 6. The Labute approximate surface area is 119 Å². The van der Waals surface area contributed by atoms with Gasteiger partial charge in [-0.15, -0.1) is 0 Å². The third kappa shape index (κ3) is 4.21. The Balaban J connectivity index is 2.86. The van der Waals surface area contributed by atoms with Crippen molar-refractivity contribution in [2.24, 2.45) is 29.4 Å². The number of carboxylic acids is 1. The van der Waals surface area contributed by atoms with E-state index in [1.165, 1.54) is 4.90 Å². The molecule has 0 spiro atoms. The second-order valence-electron chi connectivity index (χ2n) is 6.21. The van der Waals surface area contributed by atoms with Crippen LogP contribution in [0.15, 0.2) is 0 Å². The summed E-state index contributed by atoms with van der Waals surface area (Å²) in [6.07, 6.45) is 1.07. The summed E-state index contributed by atoms with van der Waals surface area (Å²) in [4.78, 5) is 36.3. The van der Waals surface area contributed by atoms with Gasteiger partial charge in [0, 0.05) is 6.54 Å². The normalized spacial score (nSPS) is 25.7. The molecular weight excluding hydrogens is 260 g/mol. The summed E-state index contributed by atoms with van der Waals surface area (Å²) >= 11 is 0. The smallest absolute Gasteiger partial charge is 0.307 e. The molecule has 20 heavy (non-hydrogen) atoms. The molecule has 6 nitrogen and oxygen atoms in total. The predicted molar refractivity (Wildman–Crippen MR) is 73.6 cm³/mol. The SMILES string of the molecule is CC(C)CN(CC(N)=O)C(=O)C1CC(C)CC1C(=O)O. The minimum absolute atomic E-state index is 0.145. The van der Waals surface area contributed by atoms with Crippen molar-refractivity contribution in [3.8, 4) is 0 Å². The largest absolute Gasteiger partial charge is 0.481 e. The highest BCUT2D eigenvalue weighted by Crippen LogP contribution is 2.37. The molecule has 1 saturated carbocycles. The van der Waals surface area contributed by atoms with Gasteiger partial charge in [-0.05, 0) is 24.7 Å². The lowest BCUT2D eigenvalue weighted by atomic mass is 9.94. The van der Waals surface area contributed by atoms with Crippen molar-refractivity contribution in [3.63, 3.8) is 0 Å². The van der Waals surface area contributed by atoms with Crippen LogP contribution in [0, 0.1) is 23.7 Å². The van der Waals surface area contributed by atoms with Gasteiger partial charge in [-0.2, -0.15) is 0 Å². The molecule has 3 N–H and O–H groups in total. The van der Waals surface area contributed by atoms with Crippen molar-refractivity contribution >= 4 is 17.8 Å². The molecule has 0 aromatic rings. The molecule has 1 rings (SSSR count). The Hall–Kier alpha value is -1.59. The van der Waals surface area contributed by atoms with E-state index in [4.69, 9.17) is 5.73 Å². The van der Waals surface area contributed by atoms with E-state index in [0.29, 0.717) is 19.4 Å². The molecule has 2 amide bonds. The van der Waals surface area contributed by atoms with Crippen LogP contribution >= 0.6 is 0 Å². The minimum Gasteiger partial charge on any atom is -0.481 e. The van der Waals surface area contributed by atoms with Gasteiger partial charge in [-0.3, -0.25) is 14.4 Å². The van der Waals surface area contributed by atoms with Gasteiger partial charge < -0.3 is 15.7 Å². The van der Waals surface area contributed by atoms with Crippen LogP contribution in [0.2, 0.25) is 0 Å². The Kier molecular flexibility index (Phi) is 5.53. The molecule has 1 aliphatic rings. The summed E-state index contributed by atoms with van der Waals surface area (Å²) in [5.41, 5.74) is 5.18. The zero-order valence-electron chi connectivity index (χ0n) is 12.3. The number of carbonyl (C=O) groups excluding carboxylic acids is 2. The Morgan fingerprint density at radius 3 is 2.25 bits per heavy atom. The number of nitrogens with zero attached hydrogens (tertiary/aromatic N) is 1. The van der Waals surface area contributed by atoms with Crippen LogP contribution in [0.3, 0.4) is 0 Å². The predicted octanol–water partition coefficient (Wildman–Crippen LogP) is 0.703. The Bertz CT molecular complexity index is 395. The van der Waals surface area contributed by atoms with Crippen LogP contribution in [-0.2, 0) is 14.4 Å². The maximum atomic E-state index is 12.5. The molecule has 0 radical (unpaired) electrons. The average Bonchev–Trinajstić information content (AvgIpc) is 2.68. The zero-order valence-corrected chi connectivity index (χ0v) is 12.3. The van der Waals surface area contributed by atoms with Crippen LogP contribution in [0.4, 0.5) is 0 Å². The summed E-state index contributed by atoms with van der Waals surface area (Å²) < 4.78 is 0. The van der Waals surface area contributed by atoms with Gasteiger partial charge in [0.25, 0.3) is 0 Å². The molecule has 0 bridgehead atoms. The van der Waals surface area contributed by atoms with Gasteiger partial charge in [-0.25, -0.2) is 0 Å². The fourth-order valence-electron chi connectivity index (χ4n) is 2.93. The number of hydrogen-bond acceptors (Lipinski definition) is 3. The highest BCUT2D eigenvalue weighted by molar-refractivity contribution is 5.88. The summed E-state index contributed by atoms with van der Waals surface area (Å²) in [5.74, 6) is -2.55. The number of amides is 2. The molecule has 1 fully saturated rings. The van der Waals surface area contributed by atoms with E-state index in [-0.39, 0.29) is 24.3 Å². The molecule has 1 aliphatic carbocycles. The second kappa shape index (κ2) is 6.72. The lowest BCUT2D eigenvalue weighted by Gasteiger charge is -2.27. The fraction of sp³-hybridized carbons (Fsp3) is 0.786. The molecule has 114 valence electrons. The number of hydrogen-bond donors (Lipinski definition) is 2. The molecule has 0 aromatic carbocycles. The van der Waals surface area contributed by atoms with E-state index in [0.717, 1.165) is 0 Å². The van der Waals surface area contributed by atoms with Crippen molar-refractivity contribution in [3.05, 3.63) is 0 Å². The standard InChI is InChI=1S/C14H24N2O4/c1-8(2)6-16(7-12(15)17)13(18)10-4-9(3)5-11(10)14(19)20/h8-11H,4-7H2,1-3H3,(H2,15,17)(H,19,20). The van der Waals surface area contributed by atoms with E-state index in [1.54, 1.807) is 0 Å². The van der Waals surface area contributed by atoms with Gasteiger partial charge in [0.15, 0.2) is 0 Å². The average molecular weight is 284 g/mol. The number of carboxylic acid groups (broad SMARTS) is 1. The molecule has 0 heterocycles. The van der Waals surface area contributed by atoms with E-state index < -0.39 is 23.7 Å². The maximum absolute atomic E-state index is 12.5. The molecule has 0 saturated heterocycles. The summed E-state index contributed by atoms with van der Waals surface area (Å²) in [5, 5.41) is 9.23. The Morgan fingerprint density at radius 2 is 1.80 bits per heavy atom. The quantitative estimate of drug-likeness (QED) is 0.749. The third-order valence-corrected chi connectivity index (χ3v) is 3.68. The molecule has 3 atom stereocenters. The number of carbonyl (C=O) groups is 3. The molecular formula is C14H24N2O4. The monoisotopic (exact) mass is 284 g/mol. The topological polar surface area (TPSA) is 101 Å². The lowest BCUT2D eigenvalue weighted by molar-refractivity contribution is -0.149. The van der Waals surface area contributed by atoms with Gasteiger partial charge in [0.05, 0.1) is 18.4 Å². The van der Waals surface area contributed by atoms with Crippen molar-refractivity contribution in [1.82, 2.24) is 4.90 Å².